The van der Waals surface area contributed by atoms with Crippen molar-refractivity contribution in [3.05, 3.63) is 32.7 Å². The van der Waals surface area contributed by atoms with Gasteiger partial charge in [-0.15, -0.1) is 0 Å². The molecule has 0 aromatic heterocycles. The molecule has 0 heterocycles. The van der Waals surface area contributed by atoms with Crippen LogP contribution in [0, 0.1) is 0 Å². The van der Waals surface area contributed by atoms with E-state index in [1.54, 1.807) is 0 Å². The molecule has 0 unspecified atom stereocenters. The van der Waals surface area contributed by atoms with Crippen LogP contribution in [0.25, 0.3) is 0 Å². The smallest absolute Gasteiger partial charge is 0.306 e. The Morgan fingerprint density at radius 2 is 1.06 bits per heavy atom. The Morgan fingerprint density at radius 3 is 1.48 bits per heavy atom. The van der Waals surface area contributed by atoms with E-state index in [0.29, 0.717) is 13.0 Å². The van der Waals surface area contributed by atoms with Gasteiger partial charge >= 0.3 is 5.97 Å². The van der Waals surface area contributed by atoms with Crippen molar-refractivity contribution < 1.29 is 9.53 Å². The average molecular weight is 589 g/mol. The van der Waals surface area contributed by atoms with Crippen molar-refractivity contribution in [2.75, 3.05) is 0 Å². The van der Waals surface area contributed by atoms with Crippen LogP contribution in [0.4, 0.5) is 0 Å². The molecule has 33 heavy (non-hydrogen) atoms. The van der Waals surface area contributed by atoms with Gasteiger partial charge in [-0.1, -0.05) is 129 Å². The Labute approximate surface area is 221 Å². The Balaban J connectivity index is 1.78. The van der Waals surface area contributed by atoms with Gasteiger partial charge in [0.15, 0.2) is 0 Å². The molecule has 0 aliphatic carbocycles. The fraction of sp³-hybridized carbons (Fsp3) is 0.759. The molecule has 0 saturated heterocycles. The summed E-state index contributed by atoms with van der Waals surface area (Å²) in [5.41, 5.74) is 1.01. The zero-order chi connectivity index (χ0) is 24.0. The van der Waals surface area contributed by atoms with Crippen LogP contribution in [0.5, 0.6) is 0 Å². The fourth-order valence-electron chi connectivity index (χ4n) is 4.21. The van der Waals surface area contributed by atoms with E-state index in [2.05, 4.69) is 38.8 Å². The predicted molar refractivity (Wildman–Crippen MR) is 150 cm³/mol. The second-order valence-electron chi connectivity index (χ2n) is 9.52. The minimum absolute atomic E-state index is 0.0824. The number of benzene rings is 1. The summed E-state index contributed by atoms with van der Waals surface area (Å²) in [7, 11) is 0. The first-order chi connectivity index (χ1) is 16.1. The molecule has 190 valence electrons. The molecule has 0 aliphatic heterocycles. The summed E-state index contributed by atoms with van der Waals surface area (Å²) in [6.45, 7) is 2.64. The van der Waals surface area contributed by atoms with Crippen molar-refractivity contribution in [1.82, 2.24) is 0 Å². The van der Waals surface area contributed by atoms with Crippen LogP contribution in [-0.2, 0) is 16.1 Å². The first kappa shape index (κ1) is 30.7. The number of esters is 1. The van der Waals surface area contributed by atoms with Crippen LogP contribution < -0.4 is 0 Å². The molecule has 0 radical (unpaired) electrons. The number of rotatable bonds is 22. The lowest BCUT2D eigenvalue weighted by molar-refractivity contribution is -0.145. The van der Waals surface area contributed by atoms with E-state index in [1.807, 2.05) is 18.2 Å². The first-order valence-electron chi connectivity index (χ1n) is 13.7. The van der Waals surface area contributed by atoms with Gasteiger partial charge in [0.1, 0.15) is 6.61 Å². The molecule has 1 aromatic carbocycles. The van der Waals surface area contributed by atoms with Gasteiger partial charge in [-0.3, -0.25) is 4.79 Å². The number of unbranched alkanes of at least 4 members (excludes halogenated alkanes) is 18. The van der Waals surface area contributed by atoms with Gasteiger partial charge in [0.2, 0.25) is 0 Å². The second-order valence-corrected chi connectivity index (χ2v) is 11.2. The van der Waals surface area contributed by atoms with Gasteiger partial charge in [0.05, 0.1) is 0 Å². The number of halogens is 2. The molecule has 0 atom stereocenters. The summed E-state index contributed by atoms with van der Waals surface area (Å²) in [6.07, 6.45) is 26.5. The third-order valence-corrected chi connectivity index (χ3v) is 8.25. The lowest BCUT2D eigenvalue weighted by Crippen LogP contribution is -2.04. The van der Waals surface area contributed by atoms with Crippen LogP contribution in [0.1, 0.15) is 141 Å². The van der Waals surface area contributed by atoms with Crippen LogP contribution >= 0.6 is 31.9 Å². The molecule has 2 nitrogen and oxygen atoms in total. The monoisotopic (exact) mass is 586 g/mol. The lowest BCUT2D eigenvalue weighted by atomic mass is 10.0. The molecule has 0 spiro atoms. The molecular formula is C29H48Br2O2. The highest BCUT2D eigenvalue weighted by atomic mass is 79.9. The normalized spacial score (nSPS) is 11.1. The number of carbonyl (C=O) groups excluding carboxylic acids is 1. The van der Waals surface area contributed by atoms with Gasteiger partial charge in [0.25, 0.3) is 0 Å². The van der Waals surface area contributed by atoms with Crippen molar-refractivity contribution in [3.63, 3.8) is 0 Å². The number of hydrogen-bond donors (Lipinski definition) is 0. The molecule has 0 aliphatic rings. The van der Waals surface area contributed by atoms with E-state index < -0.39 is 0 Å². The number of hydrogen-bond acceptors (Lipinski definition) is 2. The minimum atomic E-state index is -0.0824. The number of carbonyl (C=O) groups is 1. The summed E-state index contributed by atoms with van der Waals surface area (Å²) in [5, 5.41) is 0. The zero-order valence-corrected chi connectivity index (χ0v) is 24.3. The maximum Gasteiger partial charge on any atom is 0.306 e. The molecule has 1 aromatic rings. The van der Waals surface area contributed by atoms with Crippen LogP contribution in [0.15, 0.2) is 27.1 Å². The van der Waals surface area contributed by atoms with Crippen molar-refractivity contribution in [3.8, 4) is 0 Å². The highest BCUT2D eigenvalue weighted by Gasteiger charge is 2.05. The summed E-state index contributed by atoms with van der Waals surface area (Å²) in [5.74, 6) is -0.0824. The van der Waals surface area contributed by atoms with Gasteiger partial charge in [0, 0.05) is 15.4 Å². The maximum absolute atomic E-state index is 11.9. The van der Waals surface area contributed by atoms with E-state index >= 15 is 0 Å². The molecule has 1 rings (SSSR count). The summed E-state index contributed by atoms with van der Waals surface area (Å²) in [6, 6.07) is 5.92. The number of ether oxygens (including phenoxy) is 1. The van der Waals surface area contributed by atoms with Crippen molar-refractivity contribution >= 4 is 37.8 Å². The maximum atomic E-state index is 11.9. The molecule has 0 saturated carbocycles. The second kappa shape index (κ2) is 22.1. The Kier molecular flexibility index (Phi) is 20.6. The Bertz CT molecular complexity index is 603. The Morgan fingerprint density at radius 1 is 0.636 bits per heavy atom. The standard InChI is InChI=1S/C29H48Br2O2/c1-2-3-4-5-6-7-8-9-10-11-12-13-14-15-16-17-18-19-20-21-29(32)33-25-26-22-23-27(30)28(31)24-26/h22-24H,2-21,25H2,1H3. The highest BCUT2D eigenvalue weighted by Crippen LogP contribution is 2.24. The molecule has 0 amide bonds. The molecule has 0 bridgehead atoms. The topological polar surface area (TPSA) is 26.3 Å². The molecular weight excluding hydrogens is 540 g/mol. The van der Waals surface area contributed by atoms with E-state index in [9.17, 15) is 4.79 Å². The fourth-order valence-corrected chi connectivity index (χ4v) is 4.89. The van der Waals surface area contributed by atoms with Crippen LogP contribution in [-0.4, -0.2) is 5.97 Å². The van der Waals surface area contributed by atoms with Gasteiger partial charge in [-0.2, -0.15) is 0 Å². The van der Waals surface area contributed by atoms with Crippen LogP contribution in [0.3, 0.4) is 0 Å². The summed E-state index contributed by atoms with van der Waals surface area (Å²) >= 11 is 6.93. The van der Waals surface area contributed by atoms with Crippen molar-refractivity contribution in [2.24, 2.45) is 0 Å². The average Bonchev–Trinajstić information content (AvgIpc) is 2.81. The van der Waals surface area contributed by atoms with Gasteiger partial charge in [-0.25, -0.2) is 0 Å². The molecule has 0 N–H and O–H groups in total. The lowest BCUT2D eigenvalue weighted by Gasteiger charge is -2.06. The van der Waals surface area contributed by atoms with E-state index in [-0.39, 0.29) is 5.97 Å². The van der Waals surface area contributed by atoms with Crippen LogP contribution in [0.2, 0.25) is 0 Å². The van der Waals surface area contributed by atoms with E-state index in [0.717, 1.165) is 27.4 Å². The largest absolute Gasteiger partial charge is 0.461 e. The molecule has 4 heteroatoms. The van der Waals surface area contributed by atoms with Crippen molar-refractivity contribution in [2.45, 2.75) is 142 Å². The van der Waals surface area contributed by atoms with Gasteiger partial charge in [-0.05, 0) is 56.0 Å². The SMILES string of the molecule is CCCCCCCCCCCCCCCCCCCCCC(=O)OCc1ccc(Br)c(Br)c1. The predicted octanol–water partition coefficient (Wildman–Crippen LogP) is 11.1. The van der Waals surface area contributed by atoms with E-state index in [1.165, 1.54) is 109 Å². The minimum Gasteiger partial charge on any atom is -0.461 e. The summed E-state index contributed by atoms with van der Waals surface area (Å²) < 4.78 is 7.37. The van der Waals surface area contributed by atoms with Gasteiger partial charge < -0.3 is 4.74 Å². The zero-order valence-electron chi connectivity index (χ0n) is 21.2. The quantitative estimate of drug-likeness (QED) is 0.0995. The highest BCUT2D eigenvalue weighted by molar-refractivity contribution is 9.13. The first-order valence-corrected chi connectivity index (χ1v) is 15.3. The molecule has 0 fully saturated rings. The Hall–Kier alpha value is -0.350. The third-order valence-electron chi connectivity index (χ3n) is 6.37. The summed E-state index contributed by atoms with van der Waals surface area (Å²) in [4.78, 5) is 11.9. The van der Waals surface area contributed by atoms with E-state index in [4.69, 9.17) is 4.74 Å². The van der Waals surface area contributed by atoms with Crippen molar-refractivity contribution in [1.29, 1.82) is 0 Å². The third kappa shape index (κ3) is 18.6.